The summed E-state index contributed by atoms with van der Waals surface area (Å²) in [6.45, 7) is 0. The number of carbonyl (C=O) groups is 2. The number of hydrogen-bond donors (Lipinski definition) is 0. The van der Waals surface area contributed by atoms with Crippen LogP contribution in [-0.4, -0.2) is 16.2 Å². The molecule has 160 valence electrons. The van der Waals surface area contributed by atoms with Gasteiger partial charge in [0.1, 0.15) is 5.75 Å². The van der Waals surface area contributed by atoms with Crippen LogP contribution in [0, 0.1) is 3.57 Å². The number of ether oxygens (including phenoxy) is 1. The van der Waals surface area contributed by atoms with Crippen molar-refractivity contribution < 1.29 is 14.3 Å². The van der Waals surface area contributed by atoms with E-state index in [2.05, 4.69) is 22.6 Å². The summed E-state index contributed by atoms with van der Waals surface area (Å²) in [4.78, 5) is 27.3. The van der Waals surface area contributed by atoms with Crippen molar-refractivity contribution in [2.75, 3.05) is 4.90 Å². The first-order valence-corrected chi connectivity index (χ1v) is 12.2. The Bertz CT molecular complexity index is 1300. The van der Waals surface area contributed by atoms with Crippen molar-refractivity contribution >= 4 is 97.7 Å². The zero-order valence-electron chi connectivity index (χ0n) is 16.1. The van der Waals surface area contributed by atoms with Crippen LogP contribution in [0.1, 0.15) is 15.9 Å². The molecule has 32 heavy (non-hydrogen) atoms. The average Bonchev–Trinajstić information content (AvgIpc) is 3.03. The van der Waals surface area contributed by atoms with Gasteiger partial charge in [0.25, 0.3) is 5.91 Å². The van der Waals surface area contributed by atoms with Crippen LogP contribution in [0.2, 0.25) is 10.0 Å². The zero-order chi connectivity index (χ0) is 22.8. The van der Waals surface area contributed by atoms with E-state index in [-0.39, 0.29) is 5.91 Å². The SMILES string of the molecule is O=C(Oc1cccc(C=C2SC(=S)N(c3ccc(Cl)c(Cl)c3)C2=O)c1)c1ccccc1I. The van der Waals surface area contributed by atoms with Crippen molar-refractivity contribution in [3.8, 4) is 5.75 Å². The molecule has 1 aliphatic rings. The molecule has 1 aliphatic heterocycles. The Kier molecular flexibility index (Phi) is 7.21. The Morgan fingerprint density at radius 1 is 1.03 bits per heavy atom. The molecule has 0 bridgehead atoms. The van der Waals surface area contributed by atoms with Gasteiger partial charge in [0, 0.05) is 3.57 Å². The fraction of sp³-hybridized carbons (Fsp3) is 0. The molecular weight excluding hydrogens is 600 g/mol. The van der Waals surface area contributed by atoms with Gasteiger partial charge < -0.3 is 4.74 Å². The smallest absolute Gasteiger partial charge is 0.344 e. The third-order valence-electron chi connectivity index (χ3n) is 4.42. The third kappa shape index (κ3) is 5.02. The molecule has 0 aliphatic carbocycles. The van der Waals surface area contributed by atoms with Gasteiger partial charge in [0.2, 0.25) is 0 Å². The van der Waals surface area contributed by atoms with Gasteiger partial charge in [-0.15, -0.1) is 0 Å². The summed E-state index contributed by atoms with van der Waals surface area (Å²) in [7, 11) is 0. The number of carbonyl (C=O) groups excluding carboxylic acids is 2. The molecule has 1 saturated heterocycles. The van der Waals surface area contributed by atoms with Crippen LogP contribution >= 0.6 is 69.8 Å². The summed E-state index contributed by atoms with van der Waals surface area (Å²) in [5.41, 5.74) is 1.74. The summed E-state index contributed by atoms with van der Waals surface area (Å²) in [5, 5.41) is 0.734. The van der Waals surface area contributed by atoms with Crippen LogP contribution < -0.4 is 9.64 Å². The lowest BCUT2D eigenvalue weighted by atomic mass is 10.2. The second-order valence-electron chi connectivity index (χ2n) is 6.56. The van der Waals surface area contributed by atoms with Gasteiger partial charge in [0.05, 0.1) is 26.2 Å². The van der Waals surface area contributed by atoms with Gasteiger partial charge in [-0.3, -0.25) is 9.69 Å². The van der Waals surface area contributed by atoms with E-state index in [0.29, 0.717) is 41.8 Å². The number of rotatable bonds is 4. The maximum absolute atomic E-state index is 13.0. The highest BCUT2D eigenvalue weighted by atomic mass is 127. The first kappa shape index (κ1) is 23.3. The molecule has 3 aromatic rings. The maximum Gasteiger partial charge on any atom is 0.344 e. The molecule has 1 heterocycles. The van der Waals surface area contributed by atoms with Crippen molar-refractivity contribution in [3.63, 3.8) is 0 Å². The van der Waals surface area contributed by atoms with Crippen molar-refractivity contribution in [3.05, 3.63) is 96.4 Å². The number of esters is 1. The molecule has 0 unspecified atom stereocenters. The Morgan fingerprint density at radius 2 is 1.81 bits per heavy atom. The first-order valence-electron chi connectivity index (χ1n) is 9.13. The average molecular weight is 612 g/mol. The van der Waals surface area contributed by atoms with Gasteiger partial charge in [-0.2, -0.15) is 0 Å². The lowest BCUT2D eigenvalue weighted by molar-refractivity contribution is -0.113. The van der Waals surface area contributed by atoms with Crippen molar-refractivity contribution in [2.45, 2.75) is 0 Å². The topological polar surface area (TPSA) is 46.6 Å². The van der Waals surface area contributed by atoms with E-state index in [9.17, 15) is 9.59 Å². The van der Waals surface area contributed by atoms with Crippen LogP contribution in [-0.2, 0) is 4.79 Å². The van der Waals surface area contributed by atoms with Crippen LogP contribution in [0.4, 0.5) is 5.69 Å². The van der Waals surface area contributed by atoms with Crippen LogP contribution in [0.5, 0.6) is 5.75 Å². The molecule has 0 saturated carbocycles. The zero-order valence-corrected chi connectivity index (χ0v) is 21.4. The van der Waals surface area contributed by atoms with Crippen LogP contribution in [0.25, 0.3) is 6.08 Å². The molecule has 1 fully saturated rings. The quantitative estimate of drug-likeness (QED) is 0.102. The highest BCUT2D eigenvalue weighted by molar-refractivity contribution is 14.1. The molecule has 4 nitrogen and oxygen atoms in total. The van der Waals surface area contributed by atoms with Crippen LogP contribution in [0.3, 0.4) is 0 Å². The Hall–Kier alpha value is -1.91. The number of benzene rings is 3. The molecule has 0 atom stereocenters. The maximum atomic E-state index is 13.0. The predicted octanol–water partition coefficient (Wildman–Crippen LogP) is 7.22. The summed E-state index contributed by atoms with van der Waals surface area (Å²) >= 11 is 20.7. The number of amides is 1. The highest BCUT2D eigenvalue weighted by Crippen LogP contribution is 2.38. The Morgan fingerprint density at radius 3 is 2.56 bits per heavy atom. The standard InChI is InChI=1S/C23H12Cl2INO3S2/c24-17-9-8-14(12-18(17)25)27-21(28)20(32-23(27)31)11-13-4-3-5-15(10-13)30-22(29)16-6-1-2-7-19(16)26/h1-12H. The number of nitrogens with zero attached hydrogens (tertiary/aromatic N) is 1. The van der Waals surface area contributed by atoms with E-state index < -0.39 is 5.97 Å². The number of halogens is 3. The fourth-order valence-electron chi connectivity index (χ4n) is 2.92. The molecule has 0 N–H and O–H groups in total. The molecule has 3 aromatic carbocycles. The molecule has 1 amide bonds. The highest BCUT2D eigenvalue weighted by Gasteiger charge is 2.33. The third-order valence-corrected chi connectivity index (χ3v) is 7.40. The predicted molar refractivity (Wildman–Crippen MR) is 143 cm³/mol. The lowest BCUT2D eigenvalue weighted by Crippen LogP contribution is -2.27. The summed E-state index contributed by atoms with van der Waals surface area (Å²) < 4.78 is 6.71. The van der Waals surface area contributed by atoms with E-state index in [0.717, 1.165) is 3.57 Å². The van der Waals surface area contributed by atoms with E-state index in [1.165, 1.54) is 16.7 Å². The van der Waals surface area contributed by atoms with Gasteiger partial charge >= 0.3 is 5.97 Å². The summed E-state index contributed by atoms with van der Waals surface area (Å²) in [6.07, 6.45) is 1.71. The molecule has 4 rings (SSSR count). The van der Waals surface area contributed by atoms with E-state index >= 15 is 0 Å². The second-order valence-corrected chi connectivity index (χ2v) is 10.2. The number of hydrogen-bond acceptors (Lipinski definition) is 5. The lowest BCUT2D eigenvalue weighted by Gasteiger charge is -2.15. The molecular formula is C23H12Cl2INO3S2. The van der Waals surface area contributed by atoms with Crippen molar-refractivity contribution in [2.24, 2.45) is 0 Å². The van der Waals surface area contributed by atoms with E-state index in [1.54, 1.807) is 54.6 Å². The second kappa shape index (κ2) is 9.93. The van der Waals surface area contributed by atoms with Crippen molar-refractivity contribution in [1.82, 2.24) is 0 Å². The van der Waals surface area contributed by atoms with Gasteiger partial charge in [-0.05, 0) is 76.7 Å². The van der Waals surface area contributed by atoms with Crippen molar-refractivity contribution in [1.29, 1.82) is 0 Å². The molecule has 0 spiro atoms. The van der Waals surface area contributed by atoms with Gasteiger partial charge in [-0.1, -0.05) is 71.4 Å². The molecule has 0 radical (unpaired) electrons. The monoisotopic (exact) mass is 611 g/mol. The minimum absolute atomic E-state index is 0.264. The Balaban J connectivity index is 1.56. The number of thiocarbonyl (C=S) groups is 1. The normalized spacial score (nSPS) is 14.8. The first-order chi connectivity index (χ1) is 15.3. The van der Waals surface area contributed by atoms with E-state index in [1.807, 2.05) is 18.2 Å². The van der Waals surface area contributed by atoms with Crippen LogP contribution in [0.15, 0.2) is 71.6 Å². The van der Waals surface area contributed by atoms with Gasteiger partial charge in [0.15, 0.2) is 4.32 Å². The number of anilines is 1. The largest absolute Gasteiger partial charge is 0.423 e. The number of thioether (sulfide) groups is 1. The Labute approximate surface area is 217 Å². The molecule has 9 heteroatoms. The fourth-order valence-corrected chi connectivity index (χ4v) is 5.12. The minimum atomic E-state index is -0.446. The summed E-state index contributed by atoms with van der Waals surface area (Å²) in [5.74, 6) is -0.332. The van der Waals surface area contributed by atoms with Gasteiger partial charge in [-0.25, -0.2) is 4.79 Å². The molecule has 0 aromatic heterocycles. The van der Waals surface area contributed by atoms with E-state index in [4.69, 9.17) is 40.2 Å². The summed E-state index contributed by atoms with van der Waals surface area (Å²) in [6, 6.07) is 19.0. The minimum Gasteiger partial charge on any atom is -0.423 e.